The van der Waals surface area contributed by atoms with Crippen molar-refractivity contribution in [3.63, 3.8) is 0 Å². The van der Waals surface area contributed by atoms with Gasteiger partial charge in [-0.15, -0.1) is 0 Å². The number of nitrogens with zero attached hydrogens (tertiary/aromatic N) is 4. The minimum Gasteiger partial charge on any atom is -0.342 e. The number of hydrogen-bond donors (Lipinski definition) is 0. The van der Waals surface area contributed by atoms with Gasteiger partial charge in [-0.2, -0.15) is 17.0 Å². The normalized spacial score (nSPS) is 31.0. The predicted octanol–water partition coefficient (Wildman–Crippen LogP) is 0.202. The fourth-order valence-electron chi connectivity index (χ4n) is 3.89. The number of piperazine rings is 1. The van der Waals surface area contributed by atoms with Gasteiger partial charge < -0.3 is 4.90 Å². The summed E-state index contributed by atoms with van der Waals surface area (Å²) in [5, 5.41) is 0. The Kier molecular flexibility index (Phi) is 4.94. The SMILES string of the molecule is CN1CCN(S(=O)(=O)N(C)C)C[C@]12CCC(=O)N(CC1CC1)CC2. The maximum atomic E-state index is 12.5. The molecule has 0 aromatic carbocycles. The molecule has 1 aliphatic carbocycles. The second kappa shape index (κ2) is 6.55. The highest BCUT2D eigenvalue weighted by Gasteiger charge is 2.45. The first-order valence-electron chi connectivity index (χ1n) is 8.91. The lowest BCUT2D eigenvalue weighted by molar-refractivity contribution is -0.130. The summed E-state index contributed by atoms with van der Waals surface area (Å²) in [6, 6.07) is 0. The summed E-state index contributed by atoms with van der Waals surface area (Å²) in [6.07, 6.45) is 4.59. The van der Waals surface area contributed by atoms with Crippen LogP contribution >= 0.6 is 0 Å². The minimum atomic E-state index is -3.41. The van der Waals surface area contributed by atoms with Crippen LogP contribution in [0.15, 0.2) is 0 Å². The summed E-state index contributed by atoms with van der Waals surface area (Å²) in [6.45, 7) is 3.34. The molecular formula is C16H30N4O3S. The van der Waals surface area contributed by atoms with Crippen LogP contribution < -0.4 is 0 Å². The molecule has 138 valence electrons. The second-order valence-electron chi connectivity index (χ2n) is 7.80. The van der Waals surface area contributed by atoms with Crippen molar-refractivity contribution in [3.05, 3.63) is 0 Å². The molecular weight excluding hydrogens is 328 g/mol. The third-order valence-electron chi connectivity index (χ3n) is 5.93. The van der Waals surface area contributed by atoms with Crippen LogP contribution in [0.2, 0.25) is 0 Å². The van der Waals surface area contributed by atoms with Crippen LogP contribution in [0.25, 0.3) is 0 Å². The molecule has 0 N–H and O–H groups in total. The van der Waals surface area contributed by atoms with Gasteiger partial charge in [0.25, 0.3) is 10.2 Å². The summed E-state index contributed by atoms with van der Waals surface area (Å²) in [4.78, 5) is 16.8. The van der Waals surface area contributed by atoms with Crippen molar-refractivity contribution in [2.75, 3.05) is 53.9 Å². The highest BCUT2D eigenvalue weighted by atomic mass is 32.2. The van der Waals surface area contributed by atoms with E-state index in [0.717, 1.165) is 25.9 Å². The first-order valence-corrected chi connectivity index (χ1v) is 10.3. The van der Waals surface area contributed by atoms with Gasteiger partial charge in [-0.05, 0) is 38.6 Å². The van der Waals surface area contributed by atoms with E-state index in [4.69, 9.17) is 0 Å². The van der Waals surface area contributed by atoms with Gasteiger partial charge in [-0.3, -0.25) is 9.69 Å². The predicted molar refractivity (Wildman–Crippen MR) is 92.7 cm³/mol. The molecule has 2 heterocycles. The van der Waals surface area contributed by atoms with Gasteiger partial charge in [0.15, 0.2) is 0 Å². The van der Waals surface area contributed by atoms with Gasteiger partial charge in [-0.25, -0.2) is 0 Å². The zero-order chi connectivity index (χ0) is 17.5. The molecule has 3 aliphatic rings. The molecule has 2 aliphatic heterocycles. The smallest absolute Gasteiger partial charge is 0.281 e. The van der Waals surface area contributed by atoms with Crippen molar-refractivity contribution in [2.24, 2.45) is 5.92 Å². The van der Waals surface area contributed by atoms with Gasteiger partial charge in [0.05, 0.1) is 0 Å². The monoisotopic (exact) mass is 358 g/mol. The Bertz CT molecular complexity index is 590. The summed E-state index contributed by atoms with van der Waals surface area (Å²) in [5.41, 5.74) is -0.227. The third-order valence-corrected chi connectivity index (χ3v) is 7.82. The molecule has 1 atom stereocenters. The Hall–Kier alpha value is -0.700. The lowest BCUT2D eigenvalue weighted by Crippen LogP contribution is -2.63. The van der Waals surface area contributed by atoms with Gasteiger partial charge in [0, 0.05) is 58.8 Å². The van der Waals surface area contributed by atoms with Crippen molar-refractivity contribution in [1.29, 1.82) is 0 Å². The zero-order valence-corrected chi connectivity index (χ0v) is 15.9. The standard InChI is InChI=1S/C16H30N4O3S/c1-17(2)24(22,23)20-11-10-18(3)16(13-20)7-6-15(21)19(9-8-16)12-14-4-5-14/h14H,4-13H2,1-3H3/t16-/m1/s1. The van der Waals surface area contributed by atoms with E-state index in [-0.39, 0.29) is 11.4 Å². The molecule has 0 aromatic heterocycles. The average molecular weight is 359 g/mol. The van der Waals surface area contributed by atoms with Crippen LogP contribution in [-0.2, 0) is 15.0 Å². The van der Waals surface area contributed by atoms with E-state index < -0.39 is 10.2 Å². The third kappa shape index (κ3) is 3.47. The Morgan fingerprint density at radius 1 is 1.17 bits per heavy atom. The maximum absolute atomic E-state index is 12.5. The van der Waals surface area contributed by atoms with E-state index in [1.165, 1.54) is 17.1 Å². The van der Waals surface area contributed by atoms with Crippen LogP contribution in [0.4, 0.5) is 0 Å². The topological polar surface area (TPSA) is 64.2 Å². The summed E-state index contributed by atoms with van der Waals surface area (Å²) >= 11 is 0. The molecule has 3 fully saturated rings. The van der Waals surface area contributed by atoms with Gasteiger partial charge in [0.2, 0.25) is 5.91 Å². The maximum Gasteiger partial charge on any atom is 0.281 e. The molecule has 7 nitrogen and oxygen atoms in total. The lowest BCUT2D eigenvalue weighted by Gasteiger charge is -2.49. The van der Waals surface area contributed by atoms with E-state index in [1.54, 1.807) is 18.4 Å². The number of likely N-dealkylation sites (N-methyl/N-ethyl adjacent to an activating group) is 1. The average Bonchev–Trinajstić information content (AvgIpc) is 3.35. The molecule has 1 amide bonds. The quantitative estimate of drug-likeness (QED) is 0.720. The van der Waals surface area contributed by atoms with E-state index >= 15 is 0 Å². The van der Waals surface area contributed by atoms with Crippen LogP contribution in [-0.4, -0.2) is 92.1 Å². The van der Waals surface area contributed by atoms with Crippen LogP contribution in [0.1, 0.15) is 32.1 Å². The van der Waals surface area contributed by atoms with Crippen LogP contribution in [0.3, 0.4) is 0 Å². The van der Waals surface area contributed by atoms with Gasteiger partial charge in [-0.1, -0.05) is 0 Å². The van der Waals surface area contributed by atoms with Crippen molar-refractivity contribution < 1.29 is 13.2 Å². The Labute approximate surface area is 145 Å². The molecule has 2 saturated heterocycles. The summed E-state index contributed by atoms with van der Waals surface area (Å²) in [5.74, 6) is 0.928. The summed E-state index contributed by atoms with van der Waals surface area (Å²) in [7, 11) is 1.82. The summed E-state index contributed by atoms with van der Waals surface area (Å²) < 4.78 is 28.0. The Morgan fingerprint density at radius 3 is 2.50 bits per heavy atom. The number of carbonyl (C=O) groups excluding carboxylic acids is 1. The Morgan fingerprint density at radius 2 is 1.88 bits per heavy atom. The first-order chi connectivity index (χ1) is 11.2. The molecule has 3 rings (SSSR count). The fraction of sp³-hybridized carbons (Fsp3) is 0.938. The lowest BCUT2D eigenvalue weighted by atomic mass is 9.87. The molecule has 0 bridgehead atoms. The fourth-order valence-corrected chi connectivity index (χ4v) is 5.07. The van der Waals surface area contributed by atoms with Gasteiger partial charge in [0.1, 0.15) is 0 Å². The van der Waals surface area contributed by atoms with E-state index in [1.807, 2.05) is 4.90 Å². The number of carbonyl (C=O) groups is 1. The highest BCUT2D eigenvalue weighted by Crippen LogP contribution is 2.35. The zero-order valence-electron chi connectivity index (χ0n) is 15.1. The first kappa shape index (κ1) is 18.1. The van der Waals surface area contributed by atoms with Crippen molar-refractivity contribution in [1.82, 2.24) is 18.4 Å². The molecule has 8 heteroatoms. The molecule has 0 radical (unpaired) electrons. The molecule has 1 saturated carbocycles. The van der Waals surface area contributed by atoms with Gasteiger partial charge >= 0.3 is 0 Å². The molecule has 24 heavy (non-hydrogen) atoms. The van der Waals surface area contributed by atoms with Crippen molar-refractivity contribution in [3.8, 4) is 0 Å². The van der Waals surface area contributed by atoms with Crippen LogP contribution in [0.5, 0.6) is 0 Å². The Balaban J connectivity index is 1.75. The number of likely N-dealkylation sites (tertiary alicyclic amines) is 1. The largest absolute Gasteiger partial charge is 0.342 e. The number of hydrogen-bond acceptors (Lipinski definition) is 4. The van der Waals surface area contributed by atoms with E-state index in [9.17, 15) is 13.2 Å². The van der Waals surface area contributed by atoms with Crippen molar-refractivity contribution in [2.45, 2.75) is 37.6 Å². The molecule has 1 spiro atoms. The highest BCUT2D eigenvalue weighted by molar-refractivity contribution is 7.86. The second-order valence-corrected chi connectivity index (χ2v) is 9.95. The number of amides is 1. The van der Waals surface area contributed by atoms with Crippen molar-refractivity contribution >= 4 is 16.1 Å². The number of rotatable bonds is 4. The minimum absolute atomic E-state index is 0.227. The van der Waals surface area contributed by atoms with Crippen LogP contribution in [0, 0.1) is 5.92 Å². The molecule has 0 aromatic rings. The van der Waals surface area contributed by atoms with E-state index in [0.29, 0.717) is 32.0 Å². The van der Waals surface area contributed by atoms with E-state index in [2.05, 4.69) is 11.9 Å². The molecule has 0 unspecified atom stereocenters.